The minimum Gasteiger partial charge on any atom is -0.359 e. The van der Waals surface area contributed by atoms with Gasteiger partial charge in [-0.3, -0.25) is 10.2 Å². The fraction of sp³-hybridized carbons (Fsp3) is 0.238. The van der Waals surface area contributed by atoms with Crippen LogP contribution >= 0.6 is 0 Å². The van der Waals surface area contributed by atoms with Gasteiger partial charge in [0.1, 0.15) is 11.5 Å². The Labute approximate surface area is 165 Å². The second-order valence-corrected chi connectivity index (χ2v) is 6.84. The number of allylic oxidation sites excluding steroid dienone is 2. The highest BCUT2D eigenvalue weighted by atomic mass is 19.4. The lowest BCUT2D eigenvalue weighted by atomic mass is 10.1. The van der Waals surface area contributed by atoms with Gasteiger partial charge in [0, 0.05) is 17.1 Å². The van der Waals surface area contributed by atoms with Gasteiger partial charge in [0.2, 0.25) is 5.91 Å². The second-order valence-electron chi connectivity index (χ2n) is 6.84. The van der Waals surface area contributed by atoms with Crippen molar-refractivity contribution >= 4 is 23.0 Å². The van der Waals surface area contributed by atoms with Gasteiger partial charge in [-0.25, -0.2) is 4.39 Å². The lowest BCUT2D eigenvalue weighted by molar-refractivity contribution is -0.115. The maximum Gasteiger partial charge on any atom is 0.432 e. The molecule has 0 bridgehead atoms. The molecule has 0 unspecified atom stereocenters. The number of hydrogen-bond acceptors (Lipinski definition) is 3. The van der Waals surface area contributed by atoms with Crippen molar-refractivity contribution in [3.63, 3.8) is 0 Å². The third-order valence-electron chi connectivity index (χ3n) is 4.36. The van der Waals surface area contributed by atoms with Crippen molar-refractivity contribution in [3.05, 3.63) is 71.7 Å². The van der Waals surface area contributed by atoms with Crippen LogP contribution in [0, 0.1) is 17.1 Å². The first kappa shape index (κ1) is 20.6. The lowest BCUT2D eigenvalue weighted by Crippen LogP contribution is -2.21. The summed E-state index contributed by atoms with van der Waals surface area (Å²) in [5.41, 5.74) is 0.739. The van der Waals surface area contributed by atoms with Gasteiger partial charge in [0.15, 0.2) is 0 Å². The van der Waals surface area contributed by atoms with E-state index in [1.807, 2.05) is 0 Å². The smallest absolute Gasteiger partial charge is 0.359 e. The van der Waals surface area contributed by atoms with Gasteiger partial charge in [0.05, 0.1) is 6.42 Å². The van der Waals surface area contributed by atoms with E-state index in [1.54, 1.807) is 24.3 Å². The molecular formula is C21H19F4N3O. The van der Waals surface area contributed by atoms with Crippen LogP contribution in [0.25, 0.3) is 0 Å². The molecule has 0 aromatic heterocycles. The number of halogens is 4. The molecule has 1 fully saturated rings. The van der Waals surface area contributed by atoms with Gasteiger partial charge in [-0.1, -0.05) is 12.1 Å². The molecule has 0 saturated heterocycles. The number of alkyl halides is 3. The lowest BCUT2D eigenvalue weighted by Gasteiger charge is -2.13. The van der Waals surface area contributed by atoms with E-state index in [1.165, 1.54) is 24.3 Å². The number of benzene rings is 2. The van der Waals surface area contributed by atoms with Gasteiger partial charge in [-0.05, 0) is 66.8 Å². The van der Waals surface area contributed by atoms with Crippen LogP contribution < -0.4 is 10.6 Å². The van der Waals surface area contributed by atoms with E-state index in [0.717, 1.165) is 18.9 Å². The summed E-state index contributed by atoms with van der Waals surface area (Å²) in [6.07, 6.45) is -2.20. The minimum atomic E-state index is -4.68. The number of carbonyl (C=O) groups is 1. The Balaban J connectivity index is 1.60. The summed E-state index contributed by atoms with van der Waals surface area (Å²) >= 11 is 0. The van der Waals surface area contributed by atoms with Crippen LogP contribution in [-0.2, 0) is 11.2 Å². The van der Waals surface area contributed by atoms with E-state index in [2.05, 4.69) is 10.6 Å². The molecule has 0 heterocycles. The fourth-order valence-electron chi connectivity index (χ4n) is 2.68. The Kier molecular flexibility index (Phi) is 6.00. The fourth-order valence-corrected chi connectivity index (χ4v) is 2.68. The van der Waals surface area contributed by atoms with Crippen molar-refractivity contribution in [2.24, 2.45) is 5.92 Å². The van der Waals surface area contributed by atoms with E-state index in [-0.39, 0.29) is 24.1 Å². The molecule has 3 N–H and O–H groups in total. The summed E-state index contributed by atoms with van der Waals surface area (Å²) in [5, 5.41) is 12.8. The molecule has 1 saturated carbocycles. The van der Waals surface area contributed by atoms with E-state index >= 15 is 0 Å². The molecule has 2 aromatic carbocycles. The minimum absolute atomic E-state index is 0.00668. The quantitative estimate of drug-likeness (QED) is 0.433. The molecule has 0 atom stereocenters. The van der Waals surface area contributed by atoms with Crippen LogP contribution in [0.3, 0.4) is 0 Å². The van der Waals surface area contributed by atoms with Crippen molar-refractivity contribution in [2.45, 2.75) is 25.4 Å². The molecule has 3 rings (SSSR count). The molecule has 1 aliphatic rings. The monoisotopic (exact) mass is 405 g/mol. The first-order chi connectivity index (χ1) is 13.7. The Bertz CT molecular complexity index is 914. The maximum atomic E-state index is 12.9. The molecule has 152 valence electrons. The third-order valence-corrected chi connectivity index (χ3v) is 4.36. The van der Waals surface area contributed by atoms with Crippen molar-refractivity contribution < 1.29 is 22.4 Å². The highest BCUT2D eigenvalue weighted by Gasteiger charge is 2.35. The summed E-state index contributed by atoms with van der Waals surface area (Å²) in [6.45, 7) is 0. The first-order valence-corrected chi connectivity index (χ1v) is 8.99. The molecule has 0 radical (unpaired) electrons. The normalized spacial score (nSPS) is 14.4. The Morgan fingerprint density at radius 3 is 2.07 bits per heavy atom. The summed E-state index contributed by atoms with van der Waals surface area (Å²) < 4.78 is 50.8. The largest absolute Gasteiger partial charge is 0.432 e. The highest BCUT2D eigenvalue weighted by molar-refractivity contribution is 5.98. The van der Waals surface area contributed by atoms with Crippen LogP contribution in [0.4, 0.5) is 28.9 Å². The molecule has 4 nitrogen and oxygen atoms in total. The average Bonchev–Trinajstić information content (AvgIpc) is 3.49. The number of hydrogen-bond donors (Lipinski definition) is 3. The van der Waals surface area contributed by atoms with E-state index in [9.17, 15) is 22.4 Å². The topological polar surface area (TPSA) is 65.0 Å². The van der Waals surface area contributed by atoms with Gasteiger partial charge in [0.25, 0.3) is 0 Å². The number of amides is 1. The molecule has 0 spiro atoms. The van der Waals surface area contributed by atoms with E-state index < -0.39 is 11.9 Å². The number of anilines is 2. The van der Waals surface area contributed by atoms with Gasteiger partial charge in [-0.2, -0.15) is 13.2 Å². The summed E-state index contributed by atoms with van der Waals surface area (Å²) in [5.74, 6) is -0.649. The standard InChI is InChI=1S/C21H19F4N3O/c22-15-5-1-13(2-6-15)11-20(29)28-17-9-7-16(8-10-17)27-18(14-3-4-14)12-19(26)21(23,24)25/h1-2,5-10,12,14,26-27H,3-4,11H2,(H,28,29)/b18-12-,26-19?. The van der Waals surface area contributed by atoms with Crippen molar-refractivity contribution in [1.29, 1.82) is 5.41 Å². The predicted octanol–water partition coefficient (Wildman–Crippen LogP) is 5.29. The number of carbonyl (C=O) groups excluding carboxylic acids is 1. The SMILES string of the molecule is N=C(/C=C(\Nc1ccc(NC(=O)Cc2ccc(F)cc2)cc1)C1CC1)C(F)(F)F. The Morgan fingerprint density at radius 1 is 1.00 bits per heavy atom. The van der Waals surface area contributed by atoms with E-state index in [0.29, 0.717) is 22.6 Å². The zero-order valence-corrected chi connectivity index (χ0v) is 15.3. The highest BCUT2D eigenvalue weighted by Crippen LogP contribution is 2.37. The molecule has 1 aliphatic carbocycles. The van der Waals surface area contributed by atoms with Crippen molar-refractivity contribution in [2.75, 3.05) is 10.6 Å². The van der Waals surface area contributed by atoms with Gasteiger partial charge < -0.3 is 10.6 Å². The van der Waals surface area contributed by atoms with Crippen molar-refractivity contribution in [3.8, 4) is 0 Å². The zero-order chi connectivity index (χ0) is 21.0. The molecule has 29 heavy (non-hydrogen) atoms. The van der Waals surface area contributed by atoms with Crippen LogP contribution in [0.1, 0.15) is 18.4 Å². The van der Waals surface area contributed by atoms with Crippen LogP contribution in [0.2, 0.25) is 0 Å². The summed E-state index contributed by atoms with van der Waals surface area (Å²) in [7, 11) is 0. The van der Waals surface area contributed by atoms with Crippen LogP contribution in [0.15, 0.2) is 60.3 Å². The van der Waals surface area contributed by atoms with Gasteiger partial charge >= 0.3 is 6.18 Å². The molecule has 8 heteroatoms. The Morgan fingerprint density at radius 2 is 1.55 bits per heavy atom. The van der Waals surface area contributed by atoms with E-state index in [4.69, 9.17) is 5.41 Å². The average molecular weight is 405 g/mol. The summed E-state index contributed by atoms with van der Waals surface area (Å²) in [4.78, 5) is 12.1. The number of nitrogens with one attached hydrogen (secondary N) is 3. The van der Waals surface area contributed by atoms with Crippen molar-refractivity contribution in [1.82, 2.24) is 0 Å². The Hall–Kier alpha value is -3.16. The van der Waals surface area contributed by atoms with Crippen LogP contribution in [0.5, 0.6) is 0 Å². The molecule has 0 aliphatic heterocycles. The first-order valence-electron chi connectivity index (χ1n) is 8.99. The predicted molar refractivity (Wildman–Crippen MR) is 103 cm³/mol. The maximum absolute atomic E-state index is 12.9. The number of rotatable bonds is 7. The molecule has 1 amide bonds. The zero-order valence-electron chi connectivity index (χ0n) is 15.3. The molecule has 2 aromatic rings. The van der Waals surface area contributed by atoms with Crippen LogP contribution in [-0.4, -0.2) is 17.8 Å². The molecular weight excluding hydrogens is 386 g/mol. The van der Waals surface area contributed by atoms with Gasteiger partial charge in [-0.15, -0.1) is 0 Å². The second kappa shape index (κ2) is 8.46. The summed E-state index contributed by atoms with van der Waals surface area (Å²) in [6, 6.07) is 12.2. The third kappa shape index (κ3) is 6.17.